The molecule has 0 N–H and O–H groups in total. The summed E-state index contributed by atoms with van der Waals surface area (Å²) in [6, 6.07) is 4.94. The van der Waals surface area contributed by atoms with Crippen LogP contribution < -0.4 is 0 Å². The Balaban J connectivity index is 0.000001000. The van der Waals surface area contributed by atoms with Crippen molar-refractivity contribution in [2.24, 2.45) is 0 Å². The Morgan fingerprint density at radius 2 is 1.64 bits per heavy atom. The first-order valence-corrected chi connectivity index (χ1v) is 3.40. The fourth-order valence-electron chi connectivity index (χ4n) is 0.623. The average Bonchev–Trinajstić information content (AvgIpc) is 1.88. The van der Waals surface area contributed by atoms with Gasteiger partial charge in [-0.3, -0.25) is 4.79 Å². The Hall–Kier alpha value is 0.470. The minimum atomic E-state index is 0. The summed E-state index contributed by atoms with van der Waals surface area (Å²) in [5.74, 6) is 0. The third-order valence-electron chi connectivity index (χ3n) is 1.12. The molecule has 1 aromatic rings. The number of rotatable bonds is 1. The van der Waals surface area contributed by atoms with E-state index in [1.807, 2.05) is 0 Å². The van der Waals surface area contributed by atoms with Crippen molar-refractivity contribution >= 4 is 59.0 Å². The second-order valence-electron chi connectivity index (χ2n) is 1.75. The summed E-state index contributed by atoms with van der Waals surface area (Å²) in [5.41, 5.74) is 0.353. The van der Waals surface area contributed by atoms with Crippen molar-refractivity contribution in [2.45, 2.75) is 0 Å². The van der Waals surface area contributed by atoms with Gasteiger partial charge in [-0.15, -0.1) is 0 Å². The van der Waals surface area contributed by atoms with Crippen LogP contribution in [0, 0.1) is 0 Å². The summed E-state index contributed by atoms with van der Waals surface area (Å²) >= 11 is 11.2. The van der Waals surface area contributed by atoms with Crippen LogP contribution >= 0.6 is 23.2 Å². The van der Waals surface area contributed by atoms with Gasteiger partial charge in [-0.1, -0.05) is 29.3 Å². The van der Waals surface area contributed by atoms with Gasteiger partial charge >= 0.3 is 29.6 Å². The van der Waals surface area contributed by atoms with Crippen molar-refractivity contribution in [1.29, 1.82) is 0 Å². The van der Waals surface area contributed by atoms with Crippen LogP contribution in [-0.4, -0.2) is 35.8 Å². The van der Waals surface area contributed by atoms with E-state index < -0.39 is 0 Å². The van der Waals surface area contributed by atoms with Gasteiger partial charge in [0.25, 0.3) is 0 Å². The molecule has 1 nitrogen and oxygen atoms in total. The van der Waals surface area contributed by atoms with Gasteiger partial charge in [0.05, 0.1) is 15.6 Å². The van der Waals surface area contributed by atoms with E-state index in [0.29, 0.717) is 21.9 Å². The van der Waals surface area contributed by atoms with E-state index in [9.17, 15) is 4.79 Å². The number of carbonyl (C=O) groups excluding carboxylic acids is 1. The van der Waals surface area contributed by atoms with Crippen LogP contribution in [0.3, 0.4) is 0 Å². The van der Waals surface area contributed by atoms with Gasteiger partial charge in [-0.2, -0.15) is 0 Å². The van der Waals surface area contributed by atoms with Crippen LogP contribution in [0.15, 0.2) is 18.2 Å². The van der Waals surface area contributed by atoms with Crippen LogP contribution in [0.1, 0.15) is 10.4 Å². The molecular weight excluding hydrogens is 194 g/mol. The monoisotopic (exact) mass is 198 g/mol. The van der Waals surface area contributed by atoms with E-state index >= 15 is 0 Å². The van der Waals surface area contributed by atoms with E-state index in [1.54, 1.807) is 18.2 Å². The standard InChI is InChI=1S/C7H4Cl2O.Na.H/c8-6-2-1-3-7(9)5(6)4-10;;/h1-4H;;. The van der Waals surface area contributed by atoms with Crippen LogP contribution in [-0.2, 0) is 0 Å². The van der Waals surface area contributed by atoms with Crippen molar-refractivity contribution in [3.8, 4) is 0 Å². The molecule has 0 aliphatic carbocycles. The number of halogens is 2. The van der Waals surface area contributed by atoms with Gasteiger partial charge in [-0.25, -0.2) is 0 Å². The quantitative estimate of drug-likeness (QED) is 0.500. The summed E-state index contributed by atoms with van der Waals surface area (Å²) in [6.45, 7) is 0. The van der Waals surface area contributed by atoms with E-state index in [-0.39, 0.29) is 29.6 Å². The van der Waals surface area contributed by atoms with Gasteiger partial charge in [0.1, 0.15) is 0 Å². The molecule has 1 aromatic carbocycles. The van der Waals surface area contributed by atoms with Crippen molar-refractivity contribution < 1.29 is 4.79 Å². The van der Waals surface area contributed by atoms with Crippen LogP contribution in [0.25, 0.3) is 0 Å². The molecule has 0 aliphatic heterocycles. The molecule has 0 heterocycles. The maximum atomic E-state index is 10.3. The first-order chi connectivity index (χ1) is 4.75. The Morgan fingerprint density at radius 1 is 1.18 bits per heavy atom. The summed E-state index contributed by atoms with van der Waals surface area (Å²) < 4.78 is 0. The zero-order valence-electron chi connectivity index (χ0n) is 4.97. The van der Waals surface area contributed by atoms with Gasteiger partial charge in [0.15, 0.2) is 6.29 Å². The maximum absolute atomic E-state index is 10.3. The van der Waals surface area contributed by atoms with E-state index in [2.05, 4.69) is 0 Å². The molecule has 0 aliphatic rings. The zero-order valence-corrected chi connectivity index (χ0v) is 6.49. The average molecular weight is 199 g/mol. The molecule has 0 radical (unpaired) electrons. The Labute approximate surface area is 97.0 Å². The third kappa shape index (κ3) is 2.77. The van der Waals surface area contributed by atoms with Crippen LogP contribution in [0.4, 0.5) is 0 Å². The van der Waals surface area contributed by atoms with Gasteiger partial charge in [-0.05, 0) is 12.1 Å². The van der Waals surface area contributed by atoms with Crippen molar-refractivity contribution in [1.82, 2.24) is 0 Å². The number of hydrogen-bond donors (Lipinski definition) is 0. The molecule has 0 aromatic heterocycles. The Kier molecular flexibility index (Phi) is 5.40. The molecule has 0 unspecified atom stereocenters. The van der Waals surface area contributed by atoms with E-state index in [0.717, 1.165) is 0 Å². The van der Waals surface area contributed by atoms with Gasteiger partial charge < -0.3 is 0 Å². The second kappa shape index (κ2) is 5.18. The van der Waals surface area contributed by atoms with Crippen LogP contribution in [0.5, 0.6) is 0 Å². The number of benzene rings is 1. The normalized spacial score (nSPS) is 8.55. The van der Waals surface area contributed by atoms with Crippen molar-refractivity contribution in [2.75, 3.05) is 0 Å². The molecule has 0 atom stereocenters. The molecule has 54 valence electrons. The molecule has 0 amide bonds. The molecule has 4 heteroatoms. The topological polar surface area (TPSA) is 17.1 Å². The predicted molar refractivity (Wildman–Crippen MR) is 49.0 cm³/mol. The third-order valence-corrected chi connectivity index (χ3v) is 1.78. The number of hydrogen-bond acceptors (Lipinski definition) is 1. The van der Waals surface area contributed by atoms with Crippen molar-refractivity contribution in [3.63, 3.8) is 0 Å². The summed E-state index contributed by atoms with van der Waals surface area (Å²) in [4.78, 5) is 10.3. The van der Waals surface area contributed by atoms with E-state index in [1.165, 1.54) is 0 Å². The van der Waals surface area contributed by atoms with Gasteiger partial charge in [0.2, 0.25) is 0 Å². The Morgan fingerprint density at radius 3 is 1.91 bits per heavy atom. The first kappa shape index (κ1) is 11.5. The minimum absolute atomic E-state index is 0. The molecule has 0 fully saturated rings. The molecule has 0 bridgehead atoms. The molecule has 0 saturated carbocycles. The summed E-state index contributed by atoms with van der Waals surface area (Å²) in [7, 11) is 0. The van der Waals surface area contributed by atoms with Crippen molar-refractivity contribution in [3.05, 3.63) is 33.8 Å². The Bertz CT molecular complexity index is 242. The molecule has 11 heavy (non-hydrogen) atoms. The van der Waals surface area contributed by atoms with E-state index in [4.69, 9.17) is 23.2 Å². The fraction of sp³-hybridized carbons (Fsp3) is 0. The van der Waals surface area contributed by atoms with Gasteiger partial charge in [0, 0.05) is 0 Å². The molecule has 0 spiro atoms. The molecule has 0 saturated heterocycles. The number of aldehydes is 1. The predicted octanol–water partition coefficient (Wildman–Crippen LogP) is 2.16. The van der Waals surface area contributed by atoms with Crippen LogP contribution in [0.2, 0.25) is 10.0 Å². The summed E-state index contributed by atoms with van der Waals surface area (Å²) in [6.07, 6.45) is 0.644. The first-order valence-electron chi connectivity index (χ1n) is 2.65. The SMILES string of the molecule is O=Cc1c(Cl)cccc1Cl.[NaH]. The zero-order chi connectivity index (χ0) is 7.56. The molecular formula is C7H5Cl2NaO. The molecule has 1 rings (SSSR count). The second-order valence-corrected chi connectivity index (χ2v) is 2.57. The number of carbonyl (C=O) groups is 1. The summed E-state index contributed by atoms with van der Waals surface area (Å²) in [5, 5.41) is 0.782. The fourth-order valence-corrected chi connectivity index (χ4v) is 1.11.